The van der Waals surface area contributed by atoms with Gasteiger partial charge in [-0.3, -0.25) is 4.79 Å². The molecule has 114 valence electrons. The largest absolute Gasteiger partial charge is 0.508 e. The van der Waals surface area contributed by atoms with Crippen LogP contribution in [0.1, 0.15) is 47.6 Å². The lowest BCUT2D eigenvalue weighted by Crippen LogP contribution is -2.64. The normalized spacial score (nSPS) is 48.7. The van der Waals surface area contributed by atoms with Gasteiger partial charge in [0.15, 0.2) is 0 Å². The van der Waals surface area contributed by atoms with Crippen molar-refractivity contribution in [3.63, 3.8) is 0 Å². The van der Waals surface area contributed by atoms with Crippen molar-refractivity contribution in [2.24, 2.45) is 17.3 Å². The number of rotatable bonds is 0. The summed E-state index contributed by atoms with van der Waals surface area (Å²) in [6.07, 6.45) is 1.60. The molecule has 4 nitrogen and oxygen atoms in total. The van der Waals surface area contributed by atoms with E-state index < -0.39 is 5.41 Å². The van der Waals surface area contributed by atoms with Gasteiger partial charge in [0.05, 0.1) is 17.6 Å². The van der Waals surface area contributed by atoms with E-state index in [1.807, 2.05) is 13.0 Å². The summed E-state index contributed by atoms with van der Waals surface area (Å²) in [7, 11) is 0. The van der Waals surface area contributed by atoms with Gasteiger partial charge in [-0.2, -0.15) is 0 Å². The number of fused-ring (bicyclic) bond motifs is 2. The molecule has 22 heavy (non-hydrogen) atoms. The van der Waals surface area contributed by atoms with E-state index in [4.69, 9.17) is 9.47 Å². The first-order valence-corrected chi connectivity index (χ1v) is 8.27. The lowest BCUT2D eigenvalue weighted by atomic mass is 9.49. The molecule has 0 amide bonds. The van der Waals surface area contributed by atoms with Gasteiger partial charge < -0.3 is 14.6 Å². The summed E-state index contributed by atoms with van der Waals surface area (Å²) in [5.41, 5.74) is 4.21. The molecule has 6 aliphatic rings. The van der Waals surface area contributed by atoms with Crippen molar-refractivity contribution in [2.45, 2.75) is 50.9 Å². The monoisotopic (exact) mass is 298 g/mol. The SMILES string of the molecule is Cc1c(O)cc2c3c1[C@@H]1O[C@@H]4C(C)[C@@]5(CC2)C(=O)O[C@@H]4[C@@H]1[C@@H]35. The third kappa shape index (κ3) is 0.913. The molecule has 3 heterocycles. The van der Waals surface area contributed by atoms with Crippen molar-refractivity contribution in [3.05, 3.63) is 28.3 Å². The van der Waals surface area contributed by atoms with E-state index in [-0.39, 0.29) is 42.0 Å². The van der Waals surface area contributed by atoms with E-state index in [0.29, 0.717) is 5.75 Å². The van der Waals surface area contributed by atoms with Gasteiger partial charge in [0, 0.05) is 17.8 Å². The van der Waals surface area contributed by atoms with Crippen LogP contribution in [0.15, 0.2) is 6.07 Å². The van der Waals surface area contributed by atoms with E-state index in [1.54, 1.807) is 0 Å². The van der Waals surface area contributed by atoms with Crippen molar-refractivity contribution in [1.29, 1.82) is 0 Å². The van der Waals surface area contributed by atoms with E-state index in [9.17, 15) is 9.90 Å². The van der Waals surface area contributed by atoms with Crippen LogP contribution in [0.4, 0.5) is 0 Å². The predicted molar refractivity (Wildman–Crippen MR) is 76.5 cm³/mol. The Kier molecular flexibility index (Phi) is 1.74. The molecule has 1 unspecified atom stereocenters. The smallest absolute Gasteiger partial charge is 0.313 e. The minimum atomic E-state index is -0.402. The van der Waals surface area contributed by atoms with E-state index in [1.165, 1.54) is 11.1 Å². The molecule has 4 heteroatoms. The molecule has 3 aliphatic heterocycles. The molecule has 4 fully saturated rings. The van der Waals surface area contributed by atoms with Crippen LogP contribution in [-0.4, -0.2) is 23.3 Å². The predicted octanol–water partition coefficient (Wildman–Crippen LogP) is 2.36. The summed E-state index contributed by atoms with van der Waals surface area (Å²) in [5, 5.41) is 10.3. The van der Waals surface area contributed by atoms with Crippen LogP contribution in [0.5, 0.6) is 5.75 Å². The highest BCUT2D eigenvalue weighted by Crippen LogP contribution is 2.74. The molecular formula is C18H18O4. The number of esters is 1. The van der Waals surface area contributed by atoms with Crippen LogP contribution in [0.25, 0.3) is 0 Å². The van der Waals surface area contributed by atoms with E-state index in [0.717, 1.165) is 24.0 Å². The number of phenolic OH excluding ortho intramolecular Hbond substituents is 1. The molecule has 1 aromatic rings. The van der Waals surface area contributed by atoms with Crippen LogP contribution in [0, 0.1) is 24.2 Å². The van der Waals surface area contributed by atoms with Crippen LogP contribution in [0.2, 0.25) is 0 Å². The number of phenols is 1. The number of hydrogen-bond acceptors (Lipinski definition) is 4. The van der Waals surface area contributed by atoms with Crippen LogP contribution in [-0.2, 0) is 20.7 Å². The van der Waals surface area contributed by atoms with Gasteiger partial charge in [0.1, 0.15) is 11.9 Å². The van der Waals surface area contributed by atoms with Gasteiger partial charge >= 0.3 is 5.97 Å². The zero-order valence-electron chi connectivity index (χ0n) is 12.6. The maximum atomic E-state index is 12.8. The van der Waals surface area contributed by atoms with E-state index in [2.05, 4.69) is 6.92 Å². The lowest BCUT2D eigenvalue weighted by molar-refractivity contribution is -0.215. The molecule has 3 saturated heterocycles. The topological polar surface area (TPSA) is 55.8 Å². The average molecular weight is 298 g/mol. The fourth-order valence-corrected chi connectivity index (χ4v) is 6.45. The maximum absolute atomic E-state index is 12.8. The zero-order valence-corrected chi connectivity index (χ0v) is 12.6. The molecular weight excluding hydrogens is 280 g/mol. The van der Waals surface area contributed by atoms with Gasteiger partial charge in [-0.1, -0.05) is 6.92 Å². The Morgan fingerprint density at radius 3 is 2.95 bits per heavy atom. The molecule has 0 aromatic heterocycles. The Hall–Kier alpha value is -1.55. The Labute approximate surface area is 128 Å². The van der Waals surface area contributed by atoms with Gasteiger partial charge in [-0.05, 0) is 48.1 Å². The number of ether oxygens (including phenoxy) is 2. The average Bonchev–Trinajstić information content (AvgIpc) is 2.99. The number of aromatic hydroxyl groups is 1. The number of benzene rings is 1. The zero-order chi connectivity index (χ0) is 15.0. The Bertz CT molecular complexity index is 769. The van der Waals surface area contributed by atoms with Crippen LogP contribution in [0.3, 0.4) is 0 Å². The van der Waals surface area contributed by atoms with Crippen molar-refractivity contribution in [2.75, 3.05) is 0 Å². The number of carbonyl (C=O) groups excluding carboxylic acids is 1. The molecule has 4 bridgehead atoms. The lowest BCUT2D eigenvalue weighted by Gasteiger charge is -2.57. The standard InChI is InChI=1S/C18H18O4/c1-6-9(19)5-8-3-4-18-7(2)14-16(22-17(18)20)12-13(18)11(8)10(6)15(12)21-14/h5,7,12-16,19H,3-4H2,1-2H3/t7?,12-,13-,14-,15+,16-,18-/m1/s1. The Morgan fingerprint density at radius 2 is 2.14 bits per heavy atom. The first kappa shape index (κ1) is 11.9. The van der Waals surface area contributed by atoms with Gasteiger partial charge in [-0.25, -0.2) is 0 Å². The second kappa shape index (κ2) is 3.21. The molecule has 1 spiro atoms. The van der Waals surface area contributed by atoms with Crippen LogP contribution >= 0.6 is 0 Å². The fraction of sp³-hybridized carbons (Fsp3) is 0.611. The van der Waals surface area contributed by atoms with Gasteiger partial charge in [-0.15, -0.1) is 0 Å². The Balaban J connectivity index is 1.75. The first-order chi connectivity index (χ1) is 10.6. The van der Waals surface area contributed by atoms with E-state index >= 15 is 0 Å². The number of aryl methyl sites for hydroxylation is 1. The van der Waals surface area contributed by atoms with Crippen molar-refractivity contribution < 1.29 is 19.4 Å². The minimum Gasteiger partial charge on any atom is -0.508 e. The molecule has 1 N–H and O–H groups in total. The molecule has 0 radical (unpaired) electrons. The third-order valence-corrected chi connectivity index (χ3v) is 7.36. The van der Waals surface area contributed by atoms with Crippen molar-refractivity contribution in [1.82, 2.24) is 0 Å². The summed E-state index contributed by atoms with van der Waals surface area (Å²) in [6, 6.07) is 1.91. The van der Waals surface area contributed by atoms with Crippen LogP contribution < -0.4 is 0 Å². The highest BCUT2D eigenvalue weighted by molar-refractivity contribution is 5.84. The highest BCUT2D eigenvalue weighted by atomic mass is 16.6. The third-order valence-electron chi connectivity index (χ3n) is 7.36. The quantitative estimate of drug-likeness (QED) is 0.747. The second-order valence-corrected chi connectivity index (χ2v) is 7.78. The Morgan fingerprint density at radius 1 is 1.32 bits per heavy atom. The first-order valence-electron chi connectivity index (χ1n) is 8.27. The summed E-state index contributed by atoms with van der Waals surface area (Å²) < 4.78 is 12.2. The number of carbonyl (C=O) groups is 1. The summed E-state index contributed by atoms with van der Waals surface area (Å²) in [6.45, 7) is 4.14. The molecule has 1 aromatic carbocycles. The van der Waals surface area contributed by atoms with Crippen molar-refractivity contribution >= 4 is 5.97 Å². The summed E-state index contributed by atoms with van der Waals surface area (Å²) >= 11 is 0. The second-order valence-electron chi connectivity index (χ2n) is 7.78. The summed E-state index contributed by atoms with van der Waals surface area (Å²) in [4.78, 5) is 12.8. The van der Waals surface area contributed by atoms with Gasteiger partial charge in [0.25, 0.3) is 0 Å². The molecule has 7 atom stereocenters. The van der Waals surface area contributed by atoms with Crippen molar-refractivity contribution in [3.8, 4) is 5.75 Å². The number of hydrogen-bond donors (Lipinski definition) is 1. The minimum absolute atomic E-state index is 0.00336. The molecule has 3 aliphatic carbocycles. The molecule has 1 saturated carbocycles. The fourth-order valence-electron chi connectivity index (χ4n) is 6.45. The van der Waals surface area contributed by atoms with Gasteiger partial charge in [0.2, 0.25) is 0 Å². The molecule has 7 rings (SSSR count). The maximum Gasteiger partial charge on any atom is 0.313 e. The highest BCUT2D eigenvalue weighted by Gasteiger charge is 2.76. The summed E-state index contributed by atoms with van der Waals surface area (Å²) in [5.74, 6) is 1.07.